The smallest absolute Gasteiger partial charge is 0.387 e. The standard InChI is InChI=1S/C19H25F2N5O/c1-22-19(24-12-15-9-10-23-17(11-15)25(2)3)26(4)13-14-5-7-16(8-6-14)27-18(20)21/h5-11,18H,12-13H2,1-4H3,(H,22,24). The summed E-state index contributed by atoms with van der Waals surface area (Å²) in [6, 6.07) is 10.6. The molecule has 2 aromatic rings. The zero-order valence-electron chi connectivity index (χ0n) is 16.0. The number of hydrogen-bond acceptors (Lipinski definition) is 4. The van der Waals surface area contributed by atoms with Crippen molar-refractivity contribution in [1.29, 1.82) is 0 Å². The van der Waals surface area contributed by atoms with Crippen LogP contribution in [0.25, 0.3) is 0 Å². The lowest BCUT2D eigenvalue weighted by Crippen LogP contribution is -2.38. The second-order valence-electron chi connectivity index (χ2n) is 6.20. The number of anilines is 1. The van der Waals surface area contributed by atoms with Gasteiger partial charge in [-0.25, -0.2) is 4.98 Å². The topological polar surface area (TPSA) is 53.0 Å². The molecule has 0 aliphatic heterocycles. The van der Waals surface area contributed by atoms with E-state index >= 15 is 0 Å². The predicted molar refractivity (Wildman–Crippen MR) is 103 cm³/mol. The first-order chi connectivity index (χ1) is 12.9. The van der Waals surface area contributed by atoms with Crippen LogP contribution in [0.1, 0.15) is 11.1 Å². The number of nitrogens with one attached hydrogen (secondary N) is 1. The minimum atomic E-state index is -2.82. The van der Waals surface area contributed by atoms with Crippen LogP contribution in [0.3, 0.4) is 0 Å². The van der Waals surface area contributed by atoms with Crippen molar-refractivity contribution >= 4 is 11.8 Å². The Morgan fingerprint density at radius 3 is 2.44 bits per heavy atom. The van der Waals surface area contributed by atoms with E-state index in [1.54, 1.807) is 25.4 Å². The molecule has 0 aliphatic rings. The maximum absolute atomic E-state index is 12.2. The van der Waals surface area contributed by atoms with Gasteiger partial charge in [0.25, 0.3) is 0 Å². The first-order valence-electron chi connectivity index (χ1n) is 8.47. The van der Waals surface area contributed by atoms with Crippen molar-refractivity contribution in [2.45, 2.75) is 19.7 Å². The lowest BCUT2D eigenvalue weighted by atomic mass is 10.2. The van der Waals surface area contributed by atoms with Gasteiger partial charge in [-0.2, -0.15) is 8.78 Å². The number of alkyl halides is 2. The van der Waals surface area contributed by atoms with E-state index in [4.69, 9.17) is 0 Å². The van der Waals surface area contributed by atoms with E-state index in [0.29, 0.717) is 13.1 Å². The third kappa shape index (κ3) is 6.40. The maximum Gasteiger partial charge on any atom is 0.387 e. The molecule has 1 aromatic heterocycles. The predicted octanol–water partition coefficient (Wildman–Crippen LogP) is 2.96. The first kappa shape index (κ1) is 20.4. The summed E-state index contributed by atoms with van der Waals surface area (Å²) < 4.78 is 28.8. The van der Waals surface area contributed by atoms with E-state index in [-0.39, 0.29) is 5.75 Å². The molecule has 0 saturated carbocycles. The highest BCUT2D eigenvalue weighted by Gasteiger charge is 2.09. The fraction of sp³-hybridized carbons (Fsp3) is 0.368. The van der Waals surface area contributed by atoms with Crippen LogP contribution in [0.4, 0.5) is 14.6 Å². The molecule has 0 amide bonds. The van der Waals surface area contributed by atoms with Crippen molar-refractivity contribution in [3.8, 4) is 5.75 Å². The first-order valence-corrected chi connectivity index (χ1v) is 8.47. The molecule has 8 heteroatoms. The summed E-state index contributed by atoms with van der Waals surface area (Å²) in [4.78, 5) is 12.5. The van der Waals surface area contributed by atoms with Gasteiger partial charge in [-0.15, -0.1) is 0 Å². The Morgan fingerprint density at radius 2 is 1.85 bits per heavy atom. The van der Waals surface area contributed by atoms with Crippen molar-refractivity contribution in [1.82, 2.24) is 15.2 Å². The summed E-state index contributed by atoms with van der Waals surface area (Å²) in [7, 11) is 7.53. The summed E-state index contributed by atoms with van der Waals surface area (Å²) in [6.07, 6.45) is 1.78. The van der Waals surface area contributed by atoms with Gasteiger partial charge in [-0.05, 0) is 35.4 Å². The van der Waals surface area contributed by atoms with E-state index in [1.807, 2.05) is 43.1 Å². The number of guanidine groups is 1. The maximum atomic E-state index is 12.2. The van der Waals surface area contributed by atoms with Crippen LogP contribution in [0.5, 0.6) is 5.75 Å². The van der Waals surface area contributed by atoms with Crippen LogP contribution < -0.4 is 15.0 Å². The zero-order valence-corrected chi connectivity index (χ0v) is 16.0. The third-order valence-electron chi connectivity index (χ3n) is 3.86. The minimum Gasteiger partial charge on any atom is -0.435 e. The molecule has 1 heterocycles. The number of nitrogens with zero attached hydrogens (tertiary/aromatic N) is 4. The van der Waals surface area contributed by atoms with Crippen molar-refractivity contribution in [2.24, 2.45) is 4.99 Å². The van der Waals surface area contributed by atoms with Gasteiger partial charge in [-0.1, -0.05) is 12.1 Å². The number of aliphatic imine (C=N–C) groups is 1. The minimum absolute atomic E-state index is 0.147. The number of halogens is 2. The summed E-state index contributed by atoms with van der Waals surface area (Å²) >= 11 is 0. The van der Waals surface area contributed by atoms with Crippen molar-refractivity contribution in [3.05, 3.63) is 53.7 Å². The van der Waals surface area contributed by atoms with Gasteiger partial charge in [0.05, 0.1) is 0 Å². The number of hydrogen-bond donors (Lipinski definition) is 1. The number of rotatable bonds is 7. The molecule has 1 N–H and O–H groups in total. The van der Waals surface area contributed by atoms with E-state index in [1.165, 1.54) is 12.1 Å². The molecule has 0 saturated heterocycles. The third-order valence-corrected chi connectivity index (χ3v) is 3.86. The Kier molecular flexibility index (Phi) is 7.34. The number of ether oxygens (including phenoxy) is 1. The van der Waals surface area contributed by atoms with E-state index in [9.17, 15) is 8.78 Å². The van der Waals surface area contributed by atoms with E-state index in [2.05, 4.69) is 20.0 Å². The summed E-state index contributed by atoms with van der Waals surface area (Å²) in [5, 5.41) is 3.32. The number of pyridine rings is 1. The largest absolute Gasteiger partial charge is 0.435 e. The molecule has 0 atom stereocenters. The summed E-state index contributed by atoms with van der Waals surface area (Å²) in [5.41, 5.74) is 2.05. The lowest BCUT2D eigenvalue weighted by molar-refractivity contribution is -0.0498. The molecule has 0 unspecified atom stereocenters. The molecule has 0 fully saturated rings. The quantitative estimate of drug-likeness (QED) is 0.594. The van der Waals surface area contributed by atoms with Gasteiger partial charge in [0.15, 0.2) is 5.96 Å². The van der Waals surface area contributed by atoms with Crippen LogP contribution in [-0.2, 0) is 13.1 Å². The van der Waals surface area contributed by atoms with Crippen molar-refractivity contribution in [2.75, 3.05) is 33.1 Å². The highest BCUT2D eigenvalue weighted by atomic mass is 19.3. The number of benzene rings is 1. The van der Waals surface area contributed by atoms with Gasteiger partial charge in [0.1, 0.15) is 11.6 Å². The molecule has 0 radical (unpaired) electrons. The van der Waals surface area contributed by atoms with Crippen LogP contribution in [0.2, 0.25) is 0 Å². The molecule has 0 aliphatic carbocycles. The SMILES string of the molecule is CN=C(NCc1ccnc(N(C)C)c1)N(C)Cc1ccc(OC(F)F)cc1. The monoisotopic (exact) mass is 377 g/mol. The average Bonchev–Trinajstić information content (AvgIpc) is 2.63. The highest BCUT2D eigenvalue weighted by Crippen LogP contribution is 2.16. The molecule has 146 valence electrons. The van der Waals surface area contributed by atoms with Crippen molar-refractivity contribution < 1.29 is 13.5 Å². The Labute approximate surface area is 158 Å². The molecule has 1 aromatic carbocycles. The fourth-order valence-electron chi connectivity index (χ4n) is 2.51. The lowest BCUT2D eigenvalue weighted by Gasteiger charge is -2.22. The fourth-order valence-corrected chi connectivity index (χ4v) is 2.51. The summed E-state index contributed by atoms with van der Waals surface area (Å²) in [5.74, 6) is 1.77. The van der Waals surface area contributed by atoms with Crippen LogP contribution in [-0.4, -0.2) is 50.6 Å². The Hall–Kier alpha value is -2.90. The molecular weight excluding hydrogens is 352 g/mol. The number of aromatic nitrogens is 1. The Morgan fingerprint density at radius 1 is 1.15 bits per heavy atom. The second-order valence-corrected chi connectivity index (χ2v) is 6.20. The highest BCUT2D eigenvalue weighted by molar-refractivity contribution is 5.79. The van der Waals surface area contributed by atoms with Gasteiger partial charge in [0, 0.05) is 47.5 Å². The van der Waals surface area contributed by atoms with Crippen LogP contribution in [0, 0.1) is 0 Å². The summed E-state index contributed by atoms with van der Waals surface area (Å²) in [6.45, 7) is -1.63. The van der Waals surface area contributed by atoms with Gasteiger partial charge >= 0.3 is 6.61 Å². The van der Waals surface area contributed by atoms with E-state index < -0.39 is 6.61 Å². The Bertz CT molecular complexity index is 750. The molecule has 2 rings (SSSR count). The van der Waals surface area contributed by atoms with Crippen LogP contribution in [0.15, 0.2) is 47.6 Å². The second kappa shape index (κ2) is 9.70. The molecule has 0 bridgehead atoms. The van der Waals surface area contributed by atoms with Gasteiger partial charge in [0.2, 0.25) is 0 Å². The van der Waals surface area contributed by atoms with Crippen LogP contribution >= 0.6 is 0 Å². The normalized spacial score (nSPS) is 11.4. The van der Waals surface area contributed by atoms with Gasteiger partial charge in [-0.3, -0.25) is 4.99 Å². The molecular formula is C19H25F2N5O. The van der Waals surface area contributed by atoms with Crippen molar-refractivity contribution in [3.63, 3.8) is 0 Å². The average molecular weight is 377 g/mol. The molecule has 27 heavy (non-hydrogen) atoms. The molecule has 0 spiro atoms. The Balaban J connectivity index is 1.93. The molecule has 6 nitrogen and oxygen atoms in total. The zero-order chi connectivity index (χ0) is 19.8. The van der Waals surface area contributed by atoms with Gasteiger partial charge < -0.3 is 19.9 Å². The van der Waals surface area contributed by atoms with E-state index in [0.717, 1.165) is 22.9 Å².